The molecule has 0 aliphatic carbocycles. The minimum atomic E-state index is -0.863. The van der Waals surface area contributed by atoms with Gasteiger partial charge in [-0.3, -0.25) is 19.4 Å². The molecule has 0 radical (unpaired) electrons. The van der Waals surface area contributed by atoms with Gasteiger partial charge in [-0.2, -0.15) is 4.98 Å². The zero-order valence-corrected chi connectivity index (χ0v) is 21.0. The molecule has 2 rings (SSSR count). The highest BCUT2D eigenvalue weighted by Gasteiger charge is 2.34. The Morgan fingerprint density at radius 1 is 0.971 bits per heavy atom. The Bertz CT molecular complexity index is 826. The fourth-order valence-corrected chi connectivity index (χ4v) is 4.18. The maximum absolute atomic E-state index is 13.1. The number of nitrogens with two attached hydrogens (primary N) is 1. The molecule has 0 aromatic carbocycles. The quantitative estimate of drug-likeness (QED) is 0.248. The minimum absolute atomic E-state index is 0.00671. The zero-order chi connectivity index (χ0) is 24.8. The molecule has 9 heteroatoms. The summed E-state index contributed by atoms with van der Waals surface area (Å²) in [6.07, 6.45) is 12.0. The van der Waals surface area contributed by atoms with Gasteiger partial charge in [-0.25, -0.2) is 0 Å². The van der Waals surface area contributed by atoms with Crippen LogP contribution in [0.5, 0.6) is 0 Å². The molecule has 0 bridgehead atoms. The number of H-pyrrole nitrogens is 1. The Kier molecular flexibility index (Phi) is 12.7. The first-order valence-corrected chi connectivity index (χ1v) is 13.0. The van der Waals surface area contributed by atoms with Gasteiger partial charge in [-0.15, -0.1) is 0 Å². The summed E-state index contributed by atoms with van der Waals surface area (Å²) in [5.41, 5.74) is 5.65. The first kappa shape index (κ1) is 27.8. The third kappa shape index (κ3) is 9.08. The Hall–Kier alpha value is -2.42. The molecule has 2 heterocycles. The van der Waals surface area contributed by atoms with Crippen molar-refractivity contribution in [2.24, 2.45) is 0 Å². The van der Waals surface area contributed by atoms with Crippen LogP contribution in [0.15, 0.2) is 4.79 Å². The number of hydrogen-bond donors (Lipinski definition) is 3. The number of aromatic amines is 1. The normalized spacial score (nSPS) is 13.5. The molecule has 0 saturated heterocycles. The van der Waals surface area contributed by atoms with Gasteiger partial charge in [0.05, 0.1) is 13.3 Å². The maximum atomic E-state index is 13.1. The molecular formula is C25H43N5O4. The molecular weight excluding hydrogens is 434 g/mol. The minimum Gasteiger partial charge on any atom is -0.369 e. The fourth-order valence-electron chi connectivity index (χ4n) is 4.18. The highest BCUT2D eigenvalue weighted by molar-refractivity contribution is 5.88. The topological polar surface area (TPSA) is 130 Å². The standard InChI is InChI=1S/C25H43N5O4/c1-3-5-7-9-11-14-19(31)15-13-17-34-24(20(32)16-12-10-8-6-4-2)30-18-27-21-22(30)28-25(26)29-23(21)33/h24,27H,3-18H2,1-2H3,(H3,26,28,29,33). The van der Waals surface area contributed by atoms with Crippen LogP contribution >= 0.6 is 0 Å². The molecule has 1 aliphatic rings. The lowest BCUT2D eigenvalue weighted by Crippen LogP contribution is -2.44. The summed E-state index contributed by atoms with van der Waals surface area (Å²) in [5.74, 6) is 0.517. The van der Waals surface area contributed by atoms with Crippen molar-refractivity contribution in [1.29, 1.82) is 0 Å². The second-order valence-electron chi connectivity index (χ2n) is 9.11. The predicted molar refractivity (Wildman–Crippen MR) is 136 cm³/mol. The highest BCUT2D eigenvalue weighted by atomic mass is 16.5. The van der Waals surface area contributed by atoms with Crippen LogP contribution in [-0.4, -0.2) is 41.0 Å². The molecule has 1 atom stereocenters. The Morgan fingerprint density at radius 3 is 2.26 bits per heavy atom. The van der Waals surface area contributed by atoms with E-state index in [2.05, 4.69) is 29.1 Å². The number of nitrogens with one attached hydrogen (secondary N) is 2. The number of anilines is 3. The van der Waals surface area contributed by atoms with E-state index in [0.717, 1.165) is 44.9 Å². The number of carbonyl (C=O) groups is 2. The summed E-state index contributed by atoms with van der Waals surface area (Å²) in [7, 11) is 0. The van der Waals surface area contributed by atoms with Crippen LogP contribution in [-0.2, 0) is 14.3 Å². The van der Waals surface area contributed by atoms with Crippen molar-refractivity contribution in [1.82, 2.24) is 9.97 Å². The van der Waals surface area contributed by atoms with E-state index in [1.807, 2.05) is 0 Å². The molecule has 1 aliphatic heterocycles. The predicted octanol–water partition coefficient (Wildman–Crippen LogP) is 4.52. The largest absolute Gasteiger partial charge is 0.369 e. The molecule has 1 unspecified atom stereocenters. The average Bonchev–Trinajstić information content (AvgIpc) is 3.22. The number of hydrogen-bond acceptors (Lipinski definition) is 8. The number of carbonyl (C=O) groups excluding carboxylic acids is 2. The van der Waals surface area contributed by atoms with E-state index in [-0.39, 0.29) is 35.4 Å². The number of aromatic nitrogens is 2. The van der Waals surface area contributed by atoms with Gasteiger partial charge in [-0.05, 0) is 19.3 Å². The number of fused-ring (bicyclic) bond motifs is 1. The van der Waals surface area contributed by atoms with Crippen LogP contribution in [0, 0.1) is 0 Å². The first-order chi connectivity index (χ1) is 16.5. The van der Waals surface area contributed by atoms with Crippen LogP contribution < -0.4 is 21.5 Å². The molecule has 34 heavy (non-hydrogen) atoms. The smallest absolute Gasteiger partial charge is 0.277 e. The number of nitrogens with zero attached hydrogens (tertiary/aromatic N) is 2. The van der Waals surface area contributed by atoms with Gasteiger partial charge >= 0.3 is 0 Å². The van der Waals surface area contributed by atoms with E-state index in [9.17, 15) is 14.4 Å². The van der Waals surface area contributed by atoms with Gasteiger partial charge in [0.1, 0.15) is 11.5 Å². The van der Waals surface area contributed by atoms with Gasteiger partial charge in [-0.1, -0.05) is 65.2 Å². The van der Waals surface area contributed by atoms with Gasteiger partial charge in [0.2, 0.25) is 5.95 Å². The monoisotopic (exact) mass is 477 g/mol. The van der Waals surface area contributed by atoms with E-state index in [0.29, 0.717) is 38.1 Å². The van der Waals surface area contributed by atoms with E-state index in [1.54, 1.807) is 4.90 Å². The van der Waals surface area contributed by atoms with Crippen molar-refractivity contribution in [2.45, 2.75) is 110 Å². The van der Waals surface area contributed by atoms with Gasteiger partial charge in [0.15, 0.2) is 17.8 Å². The number of nitrogen functional groups attached to an aromatic ring is 1. The van der Waals surface area contributed by atoms with Crippen molar-refractivity contribution in [2.75, 3.05) is 29.2 Å². The molecule has 0 amide bonds. The molecule has 9 nitrogen and oxygen atoms in total. The van der Waals surface area contributed by atoms with Crippen LogP contribution in [0.2, 0.25) is 0 Å². The van der Waals surface area contributed by atoms with Crippen molar-refractivity contribution in [3.05, 3.63) is 10.4 Å². The summed E-state index contributed by atoms with van der Waals surface area (Å²) < 4.78 is 6.00. The molecule has 4 N–H and O–H groups in total. The lowest BCUT2D eigenvalue weighted by atomic mass is 10.1. The summed E-state index contributed by atoms with van der Waals surface area (Å²) in [6.45, 7) is 4.86. The van der Waals surface area contributed by atoms with E-state index in [1.165, 1.54) is 19.3 Å². The van der Waals surface area contributed by atoms with Gasteiger partial charge < -0.3 is 20.7 Å². The van der Waals surface area contributed by atoms with Gasteiger partial charge in [0, 0.05) is 19.3 Å². The second kappa shape index (κ2) is 15.5. The molecule has 1 aromatic rings. The maximum Gasteiger partial charge on any atom is 0.277 e. The summed E-state index contributed by atoms with van der Waals surface area (Å²) in [5, 5.41) is 2.99. The number of ketones is 2. The van der Waals surface area contributed by atoms with E-state index < -0.39 is 6.23 Å². The van der Waals surface area contributed by atoms with Crippen LogP contribution in [0.4, 0.5) is 17.5 Å². The van der Waals surface area contributed by atoms with Crippen molar-refractivity contribution in [3.63, 3.8) is 0 Å². The Morgan fingerprint density at radius 2 is 1.59 bits per heavy atom. The van der Waals surface area contributed by atoms with Crippen molar-refractivity contribution < 1.29 is 14.3 Å². The average molecular weight is 478 g/mol. The van der Waals surface area contributed by atoms with Crippen molar-refractivity contribution >= 4 is 29.0 Å². The fraction of sp³-hybridized carbons (Fsp3) is 0.760. The second-order valence-corrected chi connectivity index (χ2v) is 9.11. The summed E-state index contributed by atoms with van der Waals surface area (Å²) in [6, 6.07) is 0. The molecule has 0 spiro atoms. The SMILES string of the molecule is CCCCCCCC(=O)CCCOC(C(=O)CCCCCCC)N1CNc2c1nc(N)[nH]c2=O. The van der Waals surface area contributed by atoms with Gasteiger partial charge in [0.25, 0.3) is 5.56 Å². The highest BCUT2D eigenvalue weighted by Crippen LogP contribution is 2.29. The molecule has 0 saturated carbocycles. The summed E-state index contributed by atoms with van der Waals surface area (Å²) >= 11 is 0. The van der Waals surface area contributed by atoms with Crippen LogP contribution in [0.25, 0.3) is 0 Å². The number of rotatable bonds is 19. The van der Waals surface area contributed by atoms with Crippen LogP contribution in [0.1, 0.15) is 104 Å². The third-order valence-electron chi connectivity index (χ3n) is 6.14. The lowest BCUT2D eigenvalue weighted by Gasteiger charge is -2.27. The summed E-state index contributed by atoms with van der Waals surface area (Å²) in [4.78, 5) is 45.8. The molecule has 0 fully saturated rings. The van der Waals surface area contributed by atoms with E-state index in [4.69, 9.17) is 10.5 Å². The van der Waals surface area contributed by atoms with Crippen molar-refractivity contribution in [3.8, 4) is 0 Å². The van der Waals surface area contributed by atoms with E-state index >= 15 is 0 Å². The molecule has 192 valence electrons. The number of Topliss-reactive ketones (excluding diaryl/α,β-unsaturated/α-hetero) is 2. The zero-order valence-electron chi connectivity index (χ0n) is 21.0. The third-order valence-corrected chi connectivity index (χ3v) is 6.14. The first-order valence-electron chi connectivity index (χ1n) is 13.0. The van der Waals surface area contributed by atoms with Crippen LogP contribution in [0.3, 0.4) is 0 Å². The Labute approximate surface area is 203 Å². The Balaban J connectivity index is 1.91. The number of unbranched alkanes of at least 4 members (excludes halogenated alkanes) is 8. The number of ether oxygens (including phenoxy) is 1. The lowest BCUT2D eigenvalue weighted by molar-refractivity contribution is -0.130. The molecule has 1 aromatic heterocycles.